The minimum Gasteiger partial charge on any atom is -0.384 e. The summed E-state index contributed by atoms with van der Waals surface area (Å²) in [5.41, 5.74) is 6.84. The van der Waals surface area contributed by atoms with E-state index in [4.69, 9.17) is 5.73 Å². The van der Waals surface area contributed by atoms with E-state index in [1.165, 1.54) is 17.5 Å². The number of hydrogen-bond donors (Lipinski definition) is 2. The number of aromatic nitrogens is 2. The molecule has 3 N–H and O–H groups in total. The zero-order valence-electron chi connectivity index (χ0n) is 9.52. The molecule has 2 heterocycles. The number of nitrogen functional groups attached to an aromatic ring is 1. The molecule has 0 aliphatic heterocycles. The average Bonchev–Trinajstić information content (AvgIpc) is 2.58. The van der Waals surface area contributed by atoms with Crippen LogP contribution in [0.15, 0.2) is 18.3 Å². The van der Waals surface area contributed by atoms with Gasteiger partial charge in [0, 0.05) is 11.1 Å². The number of anilines is 2. The maximum Gasteiger partial charge on any atom is 0.259 e. The molecule has 0 bridgehead atoms. The lowest BCUT2D eigenvalue weighted by Gasteiger charge is -2.01. The standard InChI is InChI=1S/C11H12N4OS/c1-6-7(2)17-11(14-6)15-10(16)8-3-4-9(12)13-5-8/h3-5H,1-2H3,(H2,12,13)(H,14,15,16). The van der Waals surface area contributed by atoms with Gasteiger partial charge in [0.1, 0.15) is 5.82 Å². The van der Waals surface area contributed by atoms with E-state index >= 15 is 0 Å². The predicted molar refractivity (Wildman–Crippen MR) is 68.2 cm³/mol. The highest BCUT2D eigenvalue weighted by Crippen LogP contribution is 2.21. The largest absolute Gasteiger partial charge is 0.384 e. The molecule has 5 nitrogen and oxygen atoms in total. The average molecular weight is 248 g/mol. The van der Waals surface area contributed by atoms with E-state index in [1.807, 2.05) is 13.8 Å². The molecule has 0 atom stereocenters. The first-order chi connectivity index (χ1) is 8.06. The number of amides is 1. The second-order valence-electron chi connectivity index (χ2n) is 3.59. The molecule has 2 aromatic heterocycles. The first-order valence-electron chi connectivity index (χ1n) is 5.03. The Morgan fingerprint density at radius 3 is 2.71 bits per heavy atom. The van der Waals surface area contributed by atoms with Gasteiger partial charge in [0.05, 0.1) is 11.3 Å². The lowest BCUT2D eigenvalue weighted by molar-refractivity contribution is 0.102. The number of nitrogens with two attached hydrogens (primary N) is 1. The van der Waals surface area contributed by atoms with Gasteiger partial charge in [0.2, 0.25) is 0 Å². The summed E-state index contributed by atoms with van der Waals surface area (Å²) in [5.74, 6) is 0.161. The highest BCUT2D eigenvalue weighted by molar-refractivity contribution is 7.15. The smallest absolute Gasteiger partial charge is 0.259 e. The summed E-state index contributed by atoms with van der Waals surface area (Å²) in [6.45, 7) is 3.87. The molecule has 17 heavy (non-hydrogen) atoms. The fraction of sp³-hybridized carbons (Fsp3) is 0.182. The van der Waals surface area contributed by atoms with Crippen molar-refractivity contribution in [2.75, 3.05) is 11.1 Å². The van der Waals surface area contributed by atoms with E-state index in [-0.39, 0.29) is 5.91 Å². The first kappa shape index (κ1) is 11.5. The number of nitrogens with one attached hydrogen (secondary N) is 1. The van der Waals surface area contributed by atoms with E-state index in [0.717, 1.165) is 10.6 Å². The molecule has 0 aliphatic rings. The summed E-state index contributed by atoms with van der Waals surface area (Å²) >= 11 is 1.45. The van der Waals surface area contributed by atoms with E-state index in [2.05, 4.69) is 15.3 Å². The Labute approximate surface area is 103 Å². The number of nitrogens with zero attached hydrogens (tertiary/aromatic N) is 2. The van der Waals surface area contributed by atoms with Gasteiger partial charge in [0.15, 0.2) is 5.13 Å². The Bertz CT molecular complexity index is 528. The topological polar surface area (TPSA) is 80.9 Å². The van der Waals surface area contributed by atoms with Gasteiger partial charge in [0.25, 0.3) is 5.91 Å². The molecule has 0 aromatic carbocycles. The van der Waals surface area contributed by atoms with Crippen molar-refractivity contribution in [3.63, 3.8) is 0 Å². The Hall–Kier alpha value is -1.95. The van der Waals surface area contributed by atoms with Gasteiger partial charge in [-0.15, -0.1) is 11.3 Å². The minimum atomic E-state index is -0.230. The maximum atomic E-state index is 11.8. The van der Waals surface area contributed by atoms with Crippen LogP contribution in [-0.4, -0.2) is 15.9 Å². The normalized spacial score (nSPS) is 10.2. The summed E-state index contributed by atoms with van der Waals surface area (Å²) in [6, 6.07) is 3.22. The molecule has 0 radical (unpaired) electrons. The Kier molecular flexibility index (Phi) is 3.06. The second kappa shape index (κ2) is 4.50. The molecule has 88 valence electrons. The molecule has 6 heteroatoms. The Morgan fingerprint density at radius 2 is 2.18 bits per heavy atom. The monoisotopic (exact) mass is 248 g/mol. The molecular weight excluding hydrogens is 236 g/mol. The molecule has 0 fully saturated rings. The minimum absolute atomic E-state index is 0.230. The third-order valence-electron chi connectivity index (χ3n) is 2.30. The predicted octanol–water partition coefficient (Wildman–Crippen LogP) is 1.99. The third-order valence-corrected chi connectivity index (χ3v) is 3.29. The van der Waals surface area contributed by atoms with Gasteiger partial charge < -0.3 is 5.73 Å². The summed E-state index contributed by atoms with van der Waals surface area (Å²) in [4.78, 5) is 21.0. The zero-order valence-corrected chi connectivity index (χ0v) is 10.3. The number of thiazole rings is 1. The van der Waals surface area contributed by atoms with Crippen LogP contribution in [0.3, 0.4) is 0 Å². The molecule has 0 spiro atoms. The van der Waals surface area contributed by atoms with E-state index in [9.17, 15) is 4.79 Å². The number of pyridine rings is 1. The third kappa shape index (κ3) is 2.59. The fourth-order valence-corrected chi connectivity index (χ4v) is 2.04. The number of carbonyl (C=O) groups is 1. The van der Waals surface area contributed by atoms with Crippen LogP contribution in [0.5, 0.6) is 0 Å². The van der Waals surface area contributed by atoms with E-state index in [1.54, 1.807) is 12.1 Å². The van der Waals surface area contributed by atoms with Gasteiger partial charge in [-0.25, -0.2) is 9.97 Å². The van der Waals surface area contributed by atoms with Gasteiger partial charge in [-0.2, -0.15) is 0 Å². The van der Waals surface area contributed by atoms with Crippen molar-refractivity contribution in [3.8, 4) is 0 Å². The van der Waals surface area contributed by atoms with Crippen LogP contribution in [0.1, 0.15) is 20.9 Å². The maximum absolute atomic E-state index is 11.8. The highest BCUT2D eigenvalue weighted by Gasteiger charge is 2.10. The lowest BCUT2D eigenvalue weighted by atomic mass is 10.2. The Morgan fingerprint density at radius 1 is 1.41 bits per heavy atom. The van der Waals surface area contributed by atoms with Crippen molar-refractivity contribution in [1.82, 2.24) is 9.97 Å². The molecular formula is C11H12N4OS. The molecule has 0 saturated carbocycles. The van der Waals surface area contributed by atoms with Crippen molar-refractivity contribution < 1.29 is 4.79 Å². The van der Waals surface area contributed by atoms with Crippen LogP contribution in [0.2, 0.25) is 0 Å². The Balaban J connectivity index is 2.14. The van der Waals surface area contributed by atoms with Crippen LogP contribution in [0.4, 0.5) is 10.9 Å². The molecule has 0 unspecified atom stereocenters. The molecule has 1 amide bonds. The zero-order chi connectivity index (χ0) is 12.4. The van der Waals surface area contributed by atoms with Crippen LogP contribution < -0.4 is 11.1 Å². The second-order valence-corrected chi connectivity index (χ2v) is 4.79. The van der Waals surface area contributed by atoms with Gasteiger partial charge in [-0.1, -0.05) is 0 Å². The fourth-order valence-electron chi connectivity index (χ4n) is 1.24. The number of rotatable bonds is 2. The van der Waals surface area contributed by atoms with Crippen LogP contribution in [-0.2, 0) is 0 Å². The van der Waals surface area contributed by atoms with E-state index < -0.39 is 0 Å². The number of carbonyl (C=O) groups excluding carboxylic acids is 1. The van der Waals surface area contributed by atoms with Gasteiger partial charge in [-0.3, -0.25) is 10.1 Å². The summed E-state index contributed by atoms with van der Waals surface area (Å²) < 4.78 is 0. The lowest BCUT2D eigenvalue weighted by Crippen LogP contribution is -2.12. The van der Waals surface area contributed by atoms with E-state index in [0.29, 0.717) is 16.5 Å². The highest BCUT2D eigenvalue weighted by atomic mass is 32.1. The quantitative estimate of drug-likeness (QED) is 0.851. The van der Waals surface area contributed by atoms with Crippen molar-refractivity contribution in [2.24, 2.45) is 0 Å². The van der Waals surface area contributed by atoms with Crippen molar-refractivity contribution in [3.05, 3.63) is 34.5 Å². The van der Waals surface area contributed by atoms with Crippen LogP contribution >= 0.6 is 11.3 Å². The summed E-state index contributed by atoms with van der Waals surface area (Å²) in [7, 11) is 0. The van der Waals surface area contributed by atoms with Gasteiger partial charge in [-0.05, 0) is 26.0 Å². The van der Waals surface area contributed by atoms with Crippen molar-refractivity contribution in [1.29, 1.82) is 0 Å². The first-order valence-corrected chi connectivity index (χ1v) is 5.85. The molecule has 0 aliphatic carbocycles. The molecule has 0 saturated heterocycles. The molecule has 2 aromatic rings. The van der Waals surface area contributed by atoms with Gasteiger partial charge >= 0.3 is 0 Å². The number of hydrogen-bond acceptors (Lipinski definition) is 5. The van der Waals surface area contributed by atoms with Crippen molar-refractivity contribution in [2.45, 2.75) is 13.8 Å². The number of aryl methyl sites for hydroxylation is 2. The van der Waals surface area contributed by atoms with Crippen molar-refractivity contribution >= 4 is 28.2 Å². The van der Waals surface area contributed by atoms with Crippen LogP contribution in [0, 0.1) is 13.8 Å². The summed E-state index contributed by atoms with van der Waals surface area (Å²) in [5, 5.41) is 3.33. The summed E-state index contributed by atoms with van der Waals surface area (Å²) in [6.07, 6.45) is 1.44. The molecule has 2 rings (SSSR count). The SMILES string of the molecule is Cc1nc(NC(=O)c2ccc(N)nc2)sc1C. The van der Waals surface area contributed by atoms with Crippen LogP contribution in [0.25, 0.3) is 0 Å².